The lowest BCUT2D eigenvalue weighted by molar-refractivity contribution is -0.132. The Morgan fingerprint density at radius 1 is 1.13 bits per heavy atom. The Kier molecular flexibility index (Phi) is 7.76. The summed E-state index contributed by atoms with van der Waals surface area (Å²) in [5.41, 5.74) is 2.02. The zero-order valence-corrected chi connectivity index (χ0v) is 18.5. The summed E-state index contributed by atoms with van der Waals surface area (Å²) in [5.74, 6) is 1.52. The standard InChI is InChI=1S/C24H31N3O4/c1-26(17-18-8-5-4-6-9-18)24(29)25-14-13-23(28)27-15-7-10-21(27)20-16-19(30-2)11-12-22(20)31-3/h4-6,8-9,11-12,16,21H,7,10,13-15,17H2,1-3H3,(H,25,29). The molecule has 0 spiro atoms. The van der Waals surface area contributed by atoms with E-state index in [-0.39, 0.29) is 24.4 Å². The first-order valence-corrected chi connectivity index (χ1v) is 10.6. The molecule has 3 amide bonds. The summed E-state index contributed by atoms with van der Waals surface area (Å²) in [4.78, 5) is 28.8. The second-order valence-corrected chi connectivity index (χ2v) is 7.68. The first-order valence-electron chi connectivity index (χ1n) is 10.6. The van der Waals surface area contributed by atoms with Gasteiger partial charge in [-0.25, -0.2) is 4.79 Å². The molecule has 0 saturated carbocycles. The Morgan fingerprint density at radius 2 is 1.90 bits per heavy atom. The average molecular weight is 426 g/mol. The van der Waals surface area contributed by atoms with E-state index in [9.17, 15) is 9.59 Å². The maximum atomic E-state index is 12.9. The molecule has 1 N–H and O–H groups in total. The quantitative estimate of drug-likeness (QED) is 0.702. The van der Waals surface area contributed by atoms with Crippen molar-refractivity contribution in [2.45, 2.75) is 31.8 Å². The van der Waals surface area contributed by atoms with Crippen LogP contribution in [-0.2, 0) is 11.3 Å². The third-order valence-corrected chi connectivity index (χ3v) is 5.59. The number of urea groups is 1. The van der Waals surface area contributed by atoms with Gasteiger partial charge in [-0.15, -0.1) is 0 Å². The number of hydrogen-bond acceptors (Lipinski definition) is 4. The predicted molar refractivity (Wildman–Crippen MR) is 119 cm³/mol. The Balaban J connectivity index is 1.55. The van der Waals surface area contributed by atoms with Crippen LogP contribution in [-0.4, -0.2) is 56.1 Å². The molecule has 1 heterocycles. The summed E-state index contributed by atoms with van der Waals surface area (Å²) in [7, 11) is 5.00. The Labute approximate surface area is 183 Å². The maximum Gasteiger partial charge on any atom is 0.317 e. The molecule has 166 valence electrons. The van der Waals surface area contributed by atoms with Gasteiger partial charge >= 0.3 is 6.03 Å². The van der Waals surface area contributed by atoms with E-state index in [2.05, 4.69) is 5.32 Å². The number of hydrogen-bond donors (Lipinski definition) is 1. The van der Waals surface area contributed by atoms with Gasteiger partial charge in [-0.3, -0.25) is 4.79 Å². The van der Waals surface area contributed by atoms with Crippen molar-refractivity contribution in [3.8, 4) is 11.5 Å². The van der Waals surface area contributed by atoms with Crippen molar-refractivity contribution in [3.05, 3.63) is 59.7 Å². The van der Waals surface area contributed by atoms with Crippen molar-refractivity contribution >= 4 is 11.9 Å². The number of nitrogens with zero attached hydrogens (tertiary/aromatic N) is 2. The number of rotatable bonds is 8. The molecule has 1 unspecified atom stereocenters. The van der Waals surface area contributed by atoms with Gasteiger partial charge in [0.25, 0.3) is 0 Å². The van der Waals surface area contributed by atoms with Crippen LogP contribution in [0.25, 0.3) is 0 Å². The minimum absolute atomic E-state index is 0.0263. The fourth-order valence-corrected chi connectivity index (χ4v) is 3.97. The van der Waals surface area contributed by atoms with Crippen molar-refractivity contribution in [1.82, 2.24) is 15.1 Å². The molecule has 3 rings (SSSR count). The summed E-state index contributed by atoms with van der Waals surface area (Å²) in [5, 5.41) is 2.85. The van der Waals surface area contributed by atoms with Crippen molar-refractivity contribution < 1.29 is 19.1 Å². The van der Waals surface area contributed by atoms with Crippen LogP contribution in [0.3, 0.4) is 0 Å². The highest BCUT2D eigenvalue weighted by atomic mass is 16.5. The monoisotopic (exact) mass is 425 g/mol. The highest BCUT2D eigenvalue weighted by molar-refractivity contribution is 5.79. The normalized spacial score (nSPS) is 15.5. The number of likely N-dealkylation sites (tertiary alicyclic amines) is 1. The van der Waals surface area contributed by atoms with Crippen LogP contribution in [0.15, 0.2) is 48.5 Å². The molecule has 7 nitrogen and oxygen atoms in total. The largest absolute Gasteiger partial charge is 0.497 e. The molecule has 31 heavy (non-hydrogen) atoms. The highest BCUT2D eigenvalue weighted by Crippen LogP contribution is 2.39. The van der Waals surface area contributed by atoms with E-state index in [0.29, 0.717) is 19.6 Å². The number of amides is 3. The van der Waals surface area contributed by atoms with Gasteiger partial charge in [0.15, 0.2) is 0 Å². The van der Waals surface area contributed by atoms with E-state index in [0.717, 1.165) is 35.5 Å². The SMILES string of the molecule is COc1ccc(OC)c(C2CCCN2C(=O)CCNC(=O)N(C)Cc2ccccc2)c1. The average Bonchev–Trinajstić information content (AvgIpc) is 3.29. The van der Waals surface area contributed by atoms with Crippen molar-refractivity contribution in [2.75, 3.05) is 34.4 Å². The first kappa shape index (κ1) is 22.5. The second-order valence-electron chi connectivity index (χ2n) is 7.68. The number of carbonyl (C=O) groups excluding carboxylic acids is 2. The van der Waals surface area contributed by atoms with Gasteiger partial charge in [0.05, 0.1) is 20.3 Å². The van der Waals surface area contributed by atoms with Crippen molar-refractivity contribution in [3.63, 3.8) is 0 Å². The number of benzene rings is 2. The lowest BCUT2D eigenvalue weighted by Crippen LogP contribution is -2.39. The molecule has 7 heteroatoms. The summed E-state index contributed by atoms with van der Waals surface area (Å²) >= 11 is 0. The van der Waals surface area contributed by atoms with Gasteiger partial charge in [0.2, 0.25) is 5.91 Å². The molecule has 0 radical (unpaired) electrons. The fraction of sp³-hybridized carbons (Fsp3) is 0.417. The van der Waals surface area contributed by atoms with Crippen LogP contribution in [0.4, 0.5) is 4.79 Å². The van der Waals surface area contributed by atoms with E-state index < -0.39 is 0 Å². The summed E-state index contributed by atoms with van der Waals surface area (Å²) in [6.45, 7) is 1.52. The van der Waals surface area contributed by atoms with Crippen molar-refractivity contribution in [1.29, 1.82) is 0 Å². The molecule has 1 aliphatic heterocycles. The van der Waals surface area contributed by atoms with E-state index in [4.69, 9.17) is 9.47 Å². The zero-order chi connectivity index (χ0) is 22.2. The van der Waals surface area contributed by atoms with Crippen LogP contribution in [0.2, 0.25) is 0 Å². The van der Waals surface area contributed by atoms with E-state index >= 15 is 0 Å². The zero-order valence-electron chi connectivity index (χ0n) is 18.5. The van der Waals surface area contributed by atoms with Crippen LogP contribution in [0.5, 0.6) is 11.5 Å². The van der Waals surface area contributed by atoms with Crippen LogP contribution in [0.1, 0.15) is 36.4 Å². The number of carbonyl (C=O) groups is 2. The molecule has 2 aromatic carbocycles. The highest BCUT2D eigenvalue weighted by Gasteiger charge is 2.32. The molecule has 1 atom stereocenters. The molecule has 0 aromatic heterocycles. The van der Waals surface area contributed by atoms with Crippen LogP contribution >= 0.6 is 0 Å². The fourth-order valence-electron chi connectivity index (χ4n) is 3.97. The first-order chi connectivity index (χ1) is 15.0. The molecule has 1 aliphatic rings. The van der Waals surface area contributed by atoms with Gasteiger partial charge in [0, 0.05) is 38.7 Å². The lowest BCUT2D eigenvalue weighted by atomic mass is 10.0. The summed E-state index contributed by atoms with van der Waals surface area (Å²) in [6.07, 6.45) is 2.07. The maximum absolute atomic E-state index is 12.9. The minimum atomic E-state index is -0.191. The van der Waals surface area contributed by atoms with Gasteiger partial charge in [-0.2, -0.15) is 0 Å². The summed E-state index contributed by atoms with van der Waals surface area (Å²) in [6, 6.07) is 15.2. The van der Waals surface area contributed by atoms with E-state index in [1.165, 1.54) is 0 Å². The molecule has 0 bridgehead atoms. The smallest absolute Gasteiger partial charge is 0.317 e. The van der Waals surface area contributed by atoms with Crippen LogP contribution < -0.4 is 14.8 Å². The Morgan fingerprint density at radius 3 is 2.61 bits per heavy atom. The molecular weight excluding hydrogens is 394 g/mol. The summed E-state index contributed by atoms with van der Waals surface area (Å²) < 4.78 is 10.9. The number of ether oxygens (including phenoxy) is 2. The van der Waals surface area contributed by atoms with Gasteiger partial charge in [0.1, 0.15) is 11.5 Å². The third kappa shape index (κ3) is 5.69. The molecule has 0 aliphatic carbocycles. The van der Waals surface area contributed by atoms with Gasteiger partial charge in [-0.1, -0.05) is 30.3 Å². The molecular formula is C24H31N3O4. The molecule has 1 fully saturated rings. The second kappa shape index (κ2) is 10.7. The third-order valence-electron chi connectivity index (χ3n) is 5.59. The minimum Gasteiger partial charge on any atom is -0.497 e. The number of methoxy groups -OCH3 is 2. The predicted octanol–water partition coefficient (Wildman–Crippen LogP) is 3.60. The molecule has 1 saturated heterocycles. The van der Waals surface area contributed by atoms with E-state index in [1.807, 2.05) is 53.4 Å². The topological polar surface area (TPSA) is 71.1 Å². The Bertz CT molecular complexity index is 888. The van der Waals surface area contributed by atoms with E-state index in [1.54, 1.807) is 26.2 Å². The van der Waals surface area contributed by atoms with Crippen LogP contribution in [0, 0.1) is 0 Å². The Hall–Kier alpha value is -3.22. The van der Waals surface area contributed by atoms with Crippen molar-refractivity contribution in [2.24, 2.45) is 0 Å². The van der Waals surface area contributed by atoms with Gasteiger partial charge < -0.3 is 24.6 Å². The lowest BCUT2D eigenvalue weighted by Gasteiger charge is -2.27. The number of nitrogens with one attached hydrogen (secondary N) is 1. The van der Waals surface area contributed by atoms with Gasteiger partial charge in [-0.05, 0) is 36.6 Å². The molecule has 2 aromatic rings.